The zero-order chi connectivity index (χ0) is 12.3. The summed E-state index contributed by atoms with van der Waals surface area (Å²) in [6.45, 7) is 0.917. The van der Waals surface area contributed by atoms with Crippen molar-refractivity contribution in [1.82, 2.24) is 5.32 Å². The fraction of sp³-hybridized carbons (Fsp3) is 0.462. The first kappa shape index (κ1) is 11.9. The Bertz CT molecular complexity index is 401. The summed E-state index contributed by atoms with van der Waals surface area (Å²) in [4.78, 5) is 13.6. The van der Waals surface area contributed by atoms with Crippen LogP contribution in [0.3, 0.4) is 0 Å². The summed E-state index contributed by atoms with van der Waals surface area (Å²) in [5, 5.41) is 2.98. The van der Waals surface area contributed by atoms with Gasteiger partial charge in [0.15, 0.2) is 0 Å². The van der Waals surface area contributed by atoms with Crippen LogP contribution in [0.25, 0.3) is 0 Å². The van der Waals surface area contributed by atoms with Crippen molar-refractivity contribution in [3.63, 3.8) is 0 Å². The highest BCUT2D eigenvalue weighted by Gasteiger charge is 2.23. The number of hydrogen-bond donors (Lipinski definition) is 2. The topological polar surface area (TPSA) is 58.4 Å². The first-order chi connectivity index (χ1) is 8.19. The second-order valence-corrected chi connectivity index (χ2v) is 4.57. The Morgan fingerprint density at radius 3 is 2.94 bits per heavy atom. The normalized spacial score (nSPS) is 14.5. The minimum atomic E-state index is 0.0909. The molecule has 0 aromatic heterocycles. The van der Waals surface area contributed by atoms with Crippen LogP contribution in [0.5, 0.6) is 0 Å². The van der Waals surface area contributed by atoms with Gasteiger partial charge in [-0.1, -0.05) is 12.1 Å². The molecular weight excluding hydrogens is 214 g/mol. The molecule has 2 rings (SSSR count). The van der Waals surface area contributed by atoms with E-state index in [0.717, 1.165) is 24.1 Å². The monoisotopic (exact) mass is 233 g/mol. The van der Waals surface area contributed by atoms with Gasteiger partial charge in [-0.25, -0.2) is 0 Å². The predicted octanol–water partition coefficient (Wildman–Crippen LogP) is 0.860. The molecule has 0 radical (unpaired) electrons. The fourth-order valence-electron chi connectivity index (χ4n) is 1.73. The Kier molecular flexibility index (Phi) is 3.64. The molecule has 1 amide bonds. The summed E-state index contributed by atoms with van der Waals surface area (Å²) < 4.78 is 0. The second kappa shape index (κ2) is 5.19. The zero-order valence-electron chi connectivity index (χ0n) is 10.1. The van der Waals surface area contributed by atoms with Crippen LogP contribution in [-0.2, 0) is 11.3 Å². The maximum Gasteiger partial charge on any atom is 0.239 e. The van der Waals surface area contributed by atoms with E-state index in [4.69, 9.17) is 5.73 Å². The number of likely N-dealkylation sites (N-methyl/N-ethyl adjacent to an activating group) is 1. The molecule has 0 heterocycles. The summed E-state index contributed by atoms with van der Waals surface area (Å²) in [5.74, 6) is 0.0909. The number of nitrogens with two attached hydrogens (primary N) is 1. The van der Waals surface area contributed by atoms with E-state index in [1.807, 2.05) is 36.2 Å². The first-order valence-corrected chi connectivity index (χ1v) is 5.98. The molecule has 0 aliphatic heterocycles. The molecule has 1 aliphatic rings. The van der Waals surface area contributed by atoms with Gasteiger partial charge < -0.3 is 16.0 Å². The van der Waals surface area contributed by atoms with E-state index < -0.39 is 0 Å². The summed E-state index contributed by atoms with van der Waals surface area (Å²) in [7, 11) is 1.92. The third kappa shape index (κ3) is 3.46. The van der Waals surface area contributed by atoms with E-state index in [1.54, 1.807) is 0 Å². The number of carbonyl (C=O) groups excluding carboxylic acids is 1. The average Bonchev–Trinajstić information content (AvgIpc) is 3.12. The molecule has 92 valence electrons. The molecule has 0 atom stereocenters. The van der Waals surface area contributed by atoms with E-state index in [0.29, 0.717) is 19.1 Å². The molecule has 3 N–H and O–H groups in total. The smallest absolute Gasteiger partial charge is 0.239 e. The van der Waals surface area contributed by atoms with Crippen molar-refractivity contribution in [3.05, 3.63) is 29.8 Å². The lowest BCUT2D eigenvalue weighted by Crippen LogP contribution is -2.36. The Balaban J connectivity index is 1.92. The van der Waals surface area contributed by atoms with Gasteiger partial charge in [0.1, 0.15) is 0 Å². The van der Waals surface area contributed by atoms with Crippen LogP contribution in [0.2, 0.25) is 0 Å². The highest BCUT2D eigenvalue weighted by atomic mass is 16.2. The average molecular weight is 233 g/mol. The molecular formula is C13H19N3O. The van der Waals surface area contributed by atoms with Crippen molar-refractivity contribution in [2.24, 2.45) is 5.73 Å². The Labute approximate surface area is 102 Å². The number of carbonyl (C=O) groups is 1. The van der Waals surface area contributed by atoms with Gasteiger partial charge in [0.05, 0.1) is 6.54 Å². The quantitative estimate of drug-likeness (QED) is 0.793. The maximum atomic E-state index is 11.7. The van der Waals surface area contributed by atoms with Gasteiger partial charge in [0.25, 0.3) is 0 Å². The number of nitrogens with zero attached hydrogens (tertiary/aromatic N) is 1. The van der Waals surface area contributed by atoms with E-state index in [-0.39, 0.29) is 5.91 Å². The van der Waals surface area contributed by atoms with Crippen molar-refractivity contribution in [3.8, 4) is 0 Å². The molecule has 1 saturated carbocycles. The van der Waals surface area contributed by atoms with E-state index in [1.165, 1.54) is 0 Å². The van der Waals surface area contributed by atoms with Crippen LogP contribution in [0, 0.1) is 0 Å². The largest absolute Gasteiger partial charge is 0.365 e. The Morgan fingerprint density at radius 2 is 2.29 bits per heavy atom. The molecule has 1 aromatic carbocycles. The van der Waals surface area contributed by atoms with Gasteiger partial charge in [-0.15, -0.1) is 0 Å². The van der Waals surface area contributed by atoms with Crippen LogP contribution in [0.4, 0.5) is 5.69 Å². The summed E-state index contributed by atoms with van der Waals surface area (Å²) in [6, 6.07) is 8.38. The molecule has 1 aliphatic carbocycles. The minimum absolute atomic E-state index is 0.0909. The molecule has 1 fully saturated rings. The summed E-state index contributed by atoms with van der Waals surface area (Å²) in [6.07, 6.45) is 2.25. The summed E-state index contributed by atoms with van der Waals surface area (Å²) in [5.41, 5.74) is 7.70. The Hall–Kier alpha value is -1.55. The van der Waals surface area contributed by atoms with Crippen molar-refractivity contribution in [2.45, 2.75) is 25.4 Å². The zero-order valence-corrected chi connectivity index (χ0v) is 10.1. The Morgan fingerprint density at radius 1 is 1.53 bits per heavy atom. The van der Waals surface area contributed by atoms with E-state index in [9.17, 15) is 4.79 Å². The standard InChI is InChI=1S/C13H19N3O/c1-16(9-13(17)15-11-5-6-11)12-4-2-3-10(7-12)8-14/h2-4,7,11H,5-6,8-9,14H2,1H3,(H,15,17). The van der Waals surface area contributed by atoms with Gasteiger partial charge >= 0.3 is 0 Å². The second-order valence-electron chi connectivity index (χ2n) is 4.57. The molecule has 0 bridgehead atoms. The molecule has 0 spiro atoms. The molecule has 0 saturated heterocycles. The molecule has 17 heavy (non-hydrogen) atoms. The van der Waals surface area contributed by atoms with E-state index in [2.05, 4.69) is 5.32 Å². The summed E-state index contributed by atoms with van der Waals surface area (Å²) >= 11 is 0. The third-order valence-electron chi connectivity index (χ3n) is 2.91. The van der Waals surface area contributed by atoms with Crippen molar-refractivity contribution < 1.29 is 4.79 Å². The lowest BCUT2D eigenvalue weighted by molar-refractivity contribution is -0.119. The number of nitrogens with one attached hydrogen (secondary N) is 1. The number of rotatable bonds is 5. The molecule has 4 heteroatoms. The number of benzene rings is 1. The maximum absolute atomic E-state index is 11.7. The van der Waals surface area contributed by atoms with Crippen LogP contribution in [0.15, 0.2) is 24.3 Å². The fourth-order valence-corrected chi connectivity index (χ4v) is 1.73. The third-order valence-corrected chi connectivity index (χ3v) is 2.91. The van der Waals surface area contributed by atoms with Gasteiger partial charge in [0.2, 0.25) is 5.91 Å². The number of anilines is 1. The van der Waals surface area contributed by atoms with Crippen LogP contribution < -0.4 is 16.0 Å². The lowest BCUT2D eigenvalue weighted by Gasteiger charge is -2.19. The number of amides is 1. The highest BCUT2D eigenvalue weighted by Crippen LogP contribution is 2.19. The van der Waals surface area contributed by atoms with Crippen molar-refractivity contribution >= 4 is 11.6 Å². The van der Waals surface area contributed by atoms with Crippen molar-refractivity contribution in [1.29, 1.82) is 0 Å². The van der Waals surface area contributed by atoms with Crippen LogP contribution in [0.1, 0.15) is 18.4 Å². The van der Waals surface area contributed by atoms with Crippen LogP contribution in [-0.4, -0.2) is 25.5 Å². The van der Waals surface area contributed by atoms with Gasteiger partial charge in [-0.05, 0) is 30.5 Å². The van der Waals surface area contributed by atoms with Crippen molar-refractivity contribution in [2.75, 3.05) is 18.5 Å². The molecule has 1 aromatic rings. The van der Waals surface area contributed by atoms with Gasteiger partial charge in [-0.2, -0.15) is 0 Å². The van der Waals surface area contributed by atoms with E-state index >= 15 is 0 Å². The van der Waals surface area contributed by atoms with Crippen LogP contribution >= 0.6 is 0 Å². The first-order valence-electron chi connectivity index (χ1n) is 5.98. The molecule has 4 nitrogen and oxygen atoms in total. The SMILES string of the molecule is CN(CC(=O)NC1CC1)c1cccc(CN)c1. The predicted molar refractivity (Wildman–Crippen MR) is 68.8 cm³/mol. The van der Waals surface area contributed by atoms with Gasteiger partial charge in [-0.3, -0.25) is 4.79 Å². The highest BCUT2D eigenvalue weighted by molar-refractivity contribution is 5.81. The van der Waals surface area contributed by atoms with Gasteiger partial charge in [0, 0.05) is 25.3 Å². The minimum Gasteiger partial charge on any atom is -0.365 e. The molecule has 0 unspecified atom stereocenters. The lowest BCUT2D eigenvalue weighted by atomic mass is 10.2. The number of hydrogen-bond acceptors (Lipinski definition) is 3.